The largest absolute Gasteiger partial charge is 0.374 e. The highest BCUT2D eigenvalue weighted by Crippen LogP contribution is 2.39. The number of morpholine rings is 1. The monoisotopic (exact) mass is 260 g/mol. The van der Waals surface area contributed by atoms with E-state index < -0.39 is 0 Å². The zero-order chi connectivity index (χ0) is 13.1. The van der Waals surface area contributed by atoms with Crippen LogP contribution in [0.5, 0.6) is 0 Å². The van der Waals surface area contributed by atoms with Crippen LogP contribution in [0.3, 0.4) is 0 Å². The quantitative estimate of drug-likeness (QED) is 0.876. The van der Waals surface area contributed by atoms with Gasteiger partial charge in [0, 0.05) is 26.2 Å². The Morgan fingerprint density at radius 1 is 1.26 bits per heavy atom. The van der Waals surface area contributed by atoms with Gasteiger partial charge in [-0.25, -0.2) is 0 Å². The molecule has 3 nitrogen and oxygen atoms in total. The number of hydrogen-bond acceptors (Lipinski definition) is 3. The minimum absolute atomic E-state index is 0.337. The maximum atomic E-state index is 5.74. The Bertz CT molecular complexity index is 394. The predicted molar refractivity (Wildman–Crippen MR) is 77.4 cm³/mol. The minimum Gasteiger partial charge on any atom is -0.374 e. The summed E-state index contributed by atoms with van der Waals surface area (Å²) in [6.07, 6.45) is 3.10. The summed E-state index contributed by atoms with van der Waals surface area (Å²) in [7, 11) is 2.17. The second kappa shape index (κ2) is 6.04. The minimum atomic E-state index is 0.337. The highest BCUT2D eigenvalue weighted by molar-refractivity contribution is 5.27. The van der Waals surface area contributed by atoms with Crippen molar-refractivity contribution in [2.45, 2.75) is 31.4 Å². The van der Waals surface area contributed by atoms with Gasteiger partial charge in [0.25, 0.3) is 0 Å². The fourth-order valence-corrected chi connectivity index (χ4v) is 2.77. The third kappa shape index (κ3) is 3.78. The van der Waals surface area contributed by atoms with E-state index in [9.17, 15) is 0 Å². The van der Waals surface area contributed by atoms with Crippen molar-refractivity contribution in [3.05, 3.63) is 35.4 Å². The van der Waals surface area contributed by atoms with Crippen LogP contribution in [0.2, 0.25) is 0 Å². The van der Waals surface area contributed by atoms with Crippen molar-refractivity contribution >= 4 is 0 Å². The molecular weight excluding hydrogens is 236 g/mol. The molecule has 1 atom stereocenters. The number of rotatable bonds is 5. The summed E-state index contributed by atoms with van der Waals surface area (Å²) in [5.41, 5.74) is 2.92. The Hall–Kier alpha value is -0.900. The van der Waals surface area contributed by atoms with Crippen molar-refractivity contribution in [2.75, 3.05) is 33.3 Å². The average Bonchev–Trinajstić information content (AvgIpc) is 3.25. The van der Waals surface area contributed by atoms with Crippen LogP contribution in [0.25, 0.3) is 0 Å². The first-order valence-electron chi connectivity index (χ1n) is 7.41. The van der Waals surface area contributed by atoms with E-state index in [4.69, 9.17) is 4.74 Å². The van der Waals surface area contributed by atoms with Crippen LogP contribution in [0.1, 0.15) is 29.9 Å². The molecule has 1 aliphatic carbocycles. The van der Waals surface area contributed by atoms with E-state index in [1.807, 2.05) is 0 Å². The summed E-state index contributed by atoms with van der Waals surface area (Å²) in [4.78, 5) is 2.35. The van der Waals surface area contributed by atoms with E-state index in [-0.39, 0.29) is 0 Å². The van der Waals surface area contributed by atoms with Crippen LogP contribution in [0, 0.1) is 0 Å². The van der Waals surface area contributed by atoms with Crippen LogP contribution in [0.15, 0.2) is 24.3 Å². The first-order chi connectivity index (χ1) is 9.31. The van der Waals surface area contributed by atoms with E-state index in [2.05, 4.69) is 41.5 Å². The highest BCUT2D eigenvalue weighted by Gasteiger charge is 2.23. The number of ether oxygens (including phenoxy) is 1. The second-order valence-corrected chi connectivity index (χ2v) is 5.91. The Morgan fingerprint density at radius 2 is 2.05 bits per heavy atom. The second-order valence-electron chi connectivity index (χ2n) is 5.91. The zero-order valence-corrected chi connectivity index (χ0v) is 11.8. The van der Waals surface area contributed by atoms with Gasteiger partial charge in [0.05, 0.1) is 12.7 Å². The molecule has 1 N–H and O–H groups in total. The highest BCUT2D eigenvalue weighted by atomic mass is 16.5. The molecule has 0 bridgehead atoms. The molecular formula is C16H24N2O. The van der Waals surface area contributed by atoms with Crippen molar-refractivity contribution in [3.8, 4) is 0 Å². The summed E-state index contributed by atoms with van der Waals surface area (Å²) in [6.45, 7) is 4.81. The lowest BCUT2D eigenvalue weighted by Crippen LogP contribution is -2.44. The molecule has 0 aromatic heterocycles. The number of likely N-dealkylation sites (N-methyl/N-ethyl adjacent to an activating group) is 1. The van der Waals surface area contributed by atoms with Gasteiger partial charge in [-0.2, -0.15) is 0 Å². The summed E-state index contributed by atoms with van der Waals surface area (Å²) >= 11 is 0. The molecule has 0 radical (unpaired) electrons. The van der Waals surface area contributed by atoms with Crippen LogP contribution in [-0.2, 0) is 11.3 Å². The lowest BCUT2D eigenvalue weighted by molar-refractivity contribution is 0.00885. The molecule has 19 heavy (non-hydrogen) atoms. The summed E-state index contributed by atoms with van der Waals surface area (Å²) in [6, 6.07) is 9.17. The molecule has 2 aliphatic rings. The number of benzene rings is 1. The van der Waals surface area contributed by atoms with E-state index in [1.165, 1.54) is 24.0 Å². The maximum absolute atomic E-state index is 5.74. The van der Waals surface area contributed by atoms with E-state index >= 15 is 0 Å². The zero-order valence-electron chi connectivity index (χ0n) is 11.8. The number of hydrogen-bond donors (Lipinski definition) is 1. The molecule has 1 saturated heterocycles. The average molecular weight is 260 g/mol. The van der Waals surface area contributed by atoms with Crippen molar-refractivity contribution < 1.29 is 4.74 Å². The molecule has 1 saturated carbocycles. The molecule has 1 aromatic carbocycles. The maximum Gasteiger partial charge on any atom is 0.0826 e. The Labute approximate surface area is 115 Å². The smallest absolute Gasteiger partial charge is 0.0826 e. The van der Waals surface area contributed by atoms with Crippen LogP contribution in [-0.4, -0.2) is 44.3 Å². The molecule has 0 amide bonds. The van der Waals surface area contributed by atoms with Gasteiger partial charge in [-0.05, 0) is 36.9 Å². The van der Waals surface area contributed by atoms with E-state index in [0.717, 1.165) is 38.7 Å². The van der Waals surface area contributed by atoms with Gasteiger partial charge >= 0.3 is 0 Å². The third-order valence-corrected chi connectivity index (χ3v) is 4.00. The number of nitrogens with one attached hydrogen (secondary N) is 1. The lowest BCUT2D eigenvalue weighted by Gasteiger charge is -2.28. The van der Waals surface area contributed by atoms with Crippen molar-refractivity contribution in [1.82, 2.24) is 10.2 Å². The van der Waals surface area contributed by atoms with Crippen LogP contribution < -0.4 is 5.32 Å². The van der Waals surface area contributed by atoms with Gasteiger partial charge in [0.2, 0.25) is 0 Å². The fourth-order valence-electron chi connectivity index (χ4n) is 2.77. The molecule has 3 heteroatoms. The van der Waals surface area contributed by atoms with Crippen LogP contribution in [0.4, 0.5) is 0 Å². The predicted octanol–water partition coefficient (Wildman–Crippen LogP) is 1.98. The van der Waals surface area contributed by atoms with Gasteiger partial charge in [-0.3, -0.25) is 4.90 Å². The van der Waals surface area contributed by atoms with Crippen molar-refractivity contribution in [1.29, 1.82) is 0 Å². The van der Waals surface area contributed by atoms with E-state index in [1.54, 1.807) is 0 Å². The van der Waals surface area contributed by atoms with Gasteiger partial charge < -0.3 is 10.1 Å². The molecule has 104 valence electrons. The Kier molecular flexibility index (Phi) is 4.16. The molecule has 2 fully saturated rings. The van der Waals surface area contributed by atoms with Gasteiger partial charge in [-0.1, -0.05) is 24.3 Å². The van der Waals surface area contributed by atoms with Crippen LogP contribution >= 0.6 is 0 Å². The molecule has 3 rings (SSSR count). The van der Waals surface area contributed by atoms with E-state index in [0.29, 0.717) is 6.10 Å². The summed E-state index contributed by atoms with van der Waals surface area (Å²) in [5, 5.41) is 3.38. The molecule has 1 aromatic rings. The van der Waals surface area contributed by atoms with Crippen molar-refractivity contribution in [3.63, 3.8) is 0 Å². The summed E-state index contributed by atoms with van der Waals surface area (Å²) in [5.74, 6) is 0.855. The van der Waals surface area contributed by atoms with Gasteiger partial charge in [0.1, 0.15) is 0 Å². The lowest BCUT2D eigenvalue weighted by atomic mass is 10.1. The first-order valence-corrected chi connectivity index (χ1v) is 7.41. The first kappa shape index (κ1) is 13.1. The molecule has 1 aliphatic heterocycles. The fraction of sp³-hybridized carbons (Fsp3) is 0.625. The topological polar surface area (TPSA) is 24.5 Å². The normalized spacial score (nSPS) is 23.8. The standard InChI is InChI=1S/C16H24N2O/c1-18(12-16-10-17-8-9-19-16)11-13-2-4-14(5-3-13)15-6-7-15/h2-5,15-17H,6-12H2,1H3. The van der Waals surface area contributed by atoms with Gasteiger partial charge in [0.15, 0.2) is 0 Å². The van der Waals surface area contributed by atoms with Gasteiger partial charge in [-0.15, -0.1) is 0 Å². The third-order valence-electron chi connectivity index (χ3n) is 4.00. The van der Waals surface area contributed by atoms with Crippen molar-refractivity contribution in [2.24, 2.45) is 0 Å². The molecule has 1 heterocycles. The Morgan fingerprint density at radius 3 is 2.68 bits per heavy atom. The Balaban J connectivity index is 1.48. The SMILES string of the molecule is CN(Cc1ccc(C2CC2)cc1)CC1CNCCO1. The molecule has 1 unspecified atom stereocenters. The number of nitrogens with zero attached hydrogens (tertiary/aromatic N) is 1. The molecule has 0 spiro atoms. The summed E-state index contributed by atoms with van der Waals surface area (Å²) < 4.78 is 5.74.